The third kappa shape index (κ3) is 5.66. The summed E-state index contributed by atoms with van der Waals surface area (Å²) in [5, 5.41) is 18.4. The predicted molar refractivity (Wildman–Crippen MR) is 144 cm³/mol. The molecule has 3 aliphatic heterocycles. The van der Waals surface area contributed by atoms with Crippen LogP contribution in [0, 0.1) is 11.3 Å². The van der Waals surface area contributed by atoms with Crippen molar-refractivity contribution in [2.24, 2.45) is 4.99 Å². The standard InChI is InChI=1S/C28H30N8O4/c29-13-19-14-30-24(31-15-19)18-40-27-3-1-2-25(33-27)35-9-7-34(8-10-35)17-26-32-22-5-4-20(28(37)38)12-23(22)36(26)16-21-6-11-39-21/h2,4-5,12,14-15,21H,1,3,6-11,16-18H2,(H,37,38). The van der Waals surface area contributed by atoms with Gasteiger partial charge in [0.25, 0.3) is 0 Å². The largest absolute Gasteiger partial charge is 0.478 e. The zero-order valence-corrected chi connectivity index (χ0v) is 22.1. The Hall–Kier alpha value is -4.34. The van der Waals surface area contributed by atoms with Crippen molar-refractivity contribution in [2.45, 2.75) is 45.1 Å². The van der Waals surface area contributed by atoms with Crippen molar-refractivity contribution >= 4 is 22.9 Å². The van der Waals surface area contributed by atoms with E-state index in [0.29, 0.717) is 30.4 Å². The van der Waals surface area contributed by atoms with Gasteiger partial charge in [-0.2, -0.15) is 5.26 Å². The molecule has 1 aromatic carbocycles. The highest BCUT2D eigenvalue weighted by Crippen LogP contribution is 2.24. The molecule has 5 heterocycles. The normalized spacial score (nSPS) is 19.5. The highest BCUT2D eigenvalue weighted by Gasteiger charge is 2.25. The van der Waals surface area contributed by atoms with Gasteiger partial charge in [-0.05, 0) is 37.1 Å². The zero-order valence-electron chi connectivity index (χ0n) is 22.1. The Morgan fingerprint density at radius 1 is 1.20 bits per heavy atom. The minimum atomic E-state index is -0.942. The Bertz CT molecular complexity index is 1490. The van der Waals surface area contributed by atoms with E-state index in [1.54, 1.807) is 18.2 Å². The first kappa shape index (κ1) is 25.9. The molecule has 2 fully saturated rings. The van der Waals surface area contributed by atoms with Gasteiger partial charge in [-0.1, -0.05) is 0 Å². The number of nitrogens with zero attached hydrogens (tertiary/aromatic N) is 8. The number of carbonyl (C=O) groups is 1. The number of nitriles is 1. The van der Waals surface area contributed by atoms with Crippen LogP contribution in [0.25, 0.3) is 11.0 Å². The lowest BCUT2D eigenvalue weighted by molar-refractivity contribution is -0.0592. The van der Waals surface area contributed by atoms with Gasteiger partial charge in [-0.15, -0.1) is 0 Å². The van der Waals surface area contributed by atoms with E-state index in [0.717, 1.165) is 74.7 Å². The summed E-state index contributed by atoms with van der Waals surface area (Å²) in [6.07, 6.45) is 7.85. The summed E-state index contributed by atoms with van der Waals surface area (Å²) in [5.41, 5.74) is 2.32. The van der Waals surface area contributed by atoms with E-state index >= 15 is 0 Å². The number of aromatic carboxylic acids is 1. The van der Waals surface area contributed by atoms with Gasteiger partial charge >= 0.3 is 5.97 Å². The van der Waals surface area contributed by atoms with Crippen LogP contribution in [0.5, 0.6) is 0 Å². The highest BCUT2D eigenvalue weighted by atomic mass is 16.5. The van der Waals surface area contributed by atoms with Gasteiger partial charge in [0.2, 0.25) is 0 Å². The van der Waals surface area contributed by atoms with Gasteiger partial charge in [0.15, 0.2) is 11.7 Å². The number of rotatable bonds is 8. The van der Waals surface area contributed by atoms with Gasteiger partial charge in [0.1, 0.15) is 24.3 Å². The van der Waals surface area contributed by atoms with Gasteiger partial charge < -0.3 is 24.0 Å². The number of imidazole rings is 1. The maximum atomic E-state index is 11.6. The summed E-state index contributed by atoms with van der Waals surface area (Å²) in [7, 11) is 0. The Labute approximate surface area is 231 Å². The Balaban J connectivity index is 1.08. The van der Waals surface area contributed by atoms with Crippen molar-refractivity contribution in [3.63, 3.8) is 0 Å². The second-order valence-corrected chi connectivity index (χ2v) is 10.1. The average Bonchev–Trinajstić information content (AvgIpc) is 3.30. The smallest absolute Gasteiger partial charge is 0.335 e. The van der Waals surface area contributed by atoms with Crippen molar-refractivity contribution in [1.29, 1.82) is 5.26 Å². The lowest BCUT2D eigenvalue weighted by Crippen LogP contribution is -2.45. The number of hydrogen-bond acceptors (Lipinski definition) is 10. The maximum Gasteiger partial charge on any atom is 0.335 e. The van der Waals surface area contributed by atoms with Crippen LogP contribution in [0.4, 0.5) is 0 Å². The van der Waals surface area contributed by atoms with Crippen molar-refractivity contribution in [3.05, 3.63) is 65.3 Å². The zero-order chi connectivity index (χ0) is 27.5. The summed E-state index contributed by atoms with van der Waals surface area (Å²) >= 11 is 0. The molecule has 40 heavy (non-hydrogen) atoms. The molecular weight excluding hydrogens is 512 g/mol. The van der Waals surface area contributed by atoms with Crippen molar-refractivity contribution in [3.8, 4) is 6.07 Å². The molecule has 1 atom stereocenters. The molecule has 12 nitrogen and oxygen atoms in total. The van der Waals surface area contributed by atoms with E-state index in [-0.39, 0.29) is 18.3 Å². The SMILES string of the molecule is N#Cc1cnc(COC2=NC(N3CCN(Cc4nc5ccc(C(=O)O)cc5n4CC4CCO4)CC3)=CCC2)nc1. The number of ether oxygens (including phenoxy) is 2. The third-order valence-electron chi connectivity index (χ3n) is 7.44. The molecule has 0 radical (unpaired) electrons. The van der Waals surface area contributed by atoms with Crippen molar-refractivity contribution in [1.82, 2.24) is 29.3 Å². The average molecular weight is 543 g/mol. The van der Waals surface area contributed by atoms with Crippen LogP contribution < -0.4 is 0 Å². The number of fused-ring (bicyclic) bond motifs is 1. The van der Waals surface area contributed by atoms with Crippen LogP contribution >= 0.6 is 0 Å². The van der Waals surface area contributed by atoms with Gasteiger partial charge in [-0.25, -0.2) is 24.7 Å². The van der Waals surface area contributed by atoms with E-state index in [1.165, 1.54) is 12.4 Å². The Kier molecular flexibility index (Phi) is 7.39. The quantitative estimate of drug-likeness (QED) is 0.451. The first-order valence-electron chi connectivity index (χ1n) is 13.5. The van der Waals surface area contributed by atoms with E-state index in [4.69, 9.17) is 24.7 Å². The lowest BCUT2D eigenvalue weighted by Gasteiger charge is -2.36. The Morgan fingerprint density at radius 2 is 2.00 bits per heavy atom. The first-order valence-corrected chi connectivity index (χ1v) is 13.5. The summed E-state index contributed by atoms with van der Waals surface area (Å²) in [6.45, 7) is 5.70. The predicted octanol–water partition coefficient (Wildman–Crippen LogP) is 2.55. The number of benzene rings is 1. The number of aromatic nitrogens is 4. The summed E-state index contributed by atoms with van der Waals surface area (Å²) in [6, 6.07) is 7.12. The fourth-order valence-electron chi connectivity index (χ4n) is 5.09. The summed E-state index contributed by atoms with van der Waals surface area (Å²) in [4.78, 5) is 34.2. The number of carboxylic acids is 1. The second-order valence-electron chi connectivity index (χ2n) is 10.1. The topological polar surface area (TPSA) is 142 Å². The van der Waals surface area contributed by atoms with E-state index in [9.17, 15) is 9.90 Å². The minimum absolute atomic E-state index is 0.137. The minimum Gasteiger partial charge on any atom is -0.478 e. The third-order valence-corrected chi connectivity index (χ3v) is 7.44. The molecule has 12 heteroatoms. The molecule has 0 amide bonds. The maximum absolute atomic E-state index is 11.6. The molecule has 1 N–H and O–H groups in total. The van der Waals surface area contributed by atoms with Crippen LogP contribution in [-0.2, 0) is 29.2 Å². The summed E-state index contributed by atoms with van der Waals surface area (Å²) < 4.78 is 13.7. The van der Waals surface area contributed by atoms with E-state index in [1.807, 2.05) is 6.07 Å². The molecule has 6 rings (SSSR count). The fraction of sp³-hybridized carbons (Fsp3) is 0.429. The molecule has 3 aliphatic rings. The number of carboxylic acid groups (broad SMARTS) is 1. The first-order chi connectivity index (χ1) is 19.6. The molecule has 2 aromatic heterocycles. The highest BCUT2D eigenvalue weighted by molar-refractivity contribution is 5.92. The molecule has 3 aromatic rings. The van der Waals surface area contributed by atoms with Crippen LogP contribution in [0.2, 0.25) is 0 Å². The second kappa shape index (κ2) is 11.4. The summed E-state index contributed by atoms with van der Waals surface area (Å²) in [5.74, 6) is 2.10. The van der Waals surface area contributed by atoms with Gasteiger partial charge in [0, 0.05) is 51.6 Å². The number of aliphatic imine (C=N–C) groups is 1. The van der Waals surface area contributed by atoms with Crippen molar-refractivity contribution in [2.75, 3.05) is 32.8 Å². The van der Waals surface area contributed by atoms with Crippen LogP contribution in [-0.4, -0.2) is 85.2 Å². The molecule has 0 bridgehead atoms. The number of allylic oxidation sites excluding steroid dienone is 1. The van der Waals surface area contributed by atoms with E-state index < -0.39 is 5.97 Å². The van der Waals surface area contributed by atoms with E-state index in [2.05, 4.69) is 30.4 Å². The molecule has 0 spiro atoms. The monoisotopic (exact) mass is 542 g/mol. The molecule has 0 saturated carbocycles. The van der Waals surface area contributed by atoms with Crippen molar-refractivity contribution < 1.29 is 19.4 Å². The molecule has 1 unspecified atom stereocenters. The molecular formula is C28H30N8O4. The number of hydrogen-bond donors (Lipinski definition) is 1. The lowest BCUT2D eigenvalue weighted by atomic mass is 10.1. The van der Waals surface area contributed by atoms with Crippen LogP contribution in [0.1, 0.15) is 46.8 Å². The molecule has 0 aliphatic carbocycles. The number of piperazine rings is 1. The fourth-order valence-corrected chi connectivity index (χ4v) is 5.09. The van der Waals surface area contributed by atoms with Crippen LogP contribution in [0.15, 0.2) is 47.5 Å². The Morgan fingerprint density at radius 3 is 2.70 bits per heavy atom. The molecule has 2 saturated heterocycles. The molecule has 206 valence electrons. The van der Waals surface area contributed by atoms with Crippen LogP contribution in [0.3, 0.4) is 0 Å². The van der Waals surface area contributed by atoms with Gasteiger partial charge in [0.05, 0.1) is 41.4 Å². The van der Waals surface area contributed by atoms with Gasteiger partial charge in [-0.3, -0.25) is 4.90 Å².